The maximum atomic E-state index is 11.8. The molecule has 0 bridgehead atoms. The van der Waals surface area contributed by atoms with Gasteiger partial charge in [0.2, 0.25) is 5.91 Å². The van der Waals surface area contributed by atoms with E-state index in [4.69, 9.17) is 10.5 Å². The second kappa shape index (κ2) is 8.98. The maximum absolute atomic E-state index is 11.8. The van der Waals surface area contributed by atoms with Gasteiger partial charge in [-0.15, -0.1) is 0 Å². The van der Waals surface area contributed by atoms with E-state index >= 15 is 0 Å². The number of ether oxygens (including phenoxy) is 1. The number of carbonyl (C=O) groups excluding carboxylic acids is 2. The first-order valence-electron chi connectivity index (χ1n) is 10.3. The number of benzene rings is 3. The van der Waals surface area contributed by atoms with Gasteiger partial charge in [-0.05, 0) is 41.3 Å². The van der Waals surface area contributed by atoms with Gasteiger partial charge in [-0.25, -0.2) is 0 Å². The number of primary amides is 1. The molecule has 2 N–H and O–H groups in total. The van der Waals surface area contributed by atoms with Crippen LogP contribution in [0.4, 0.5) is 0 Å². The van der Waals surface area contributed by atoms with E-state index in [2.05, 4.69) is 28.8 Å². The second-order valence-corrected chi connectivity index (χ2v) is 7.63. The molecule has 4 rings (SSSR count). The van der Waals surface area contributed by atoms with Gasteiger partial charge in [0.05, 0.1) is 17.9 Å². The highest BCUT2D eigenvalue weighted by Gasteiger charge is 2.20. The Bertz CT molecular complexity index is 1290. The molecule has 0 aliphatic rings. The van der Waals surface area contributed by atoms with Crippen LogP contribution in [-0.2, 0) is 22.6 Å². The number of carbonyl (C=O) groups is 2. The highest BCUT2D eigenvalue weighted by atomic mass is 16.5. The number of nitrogens with zero attached hydrogens (tertiary/aromatic N) is 1. The Balaban J connectivity index is 1.86. The minimum absolute atomic E-state index is 0.0291. The molecule has 1 heterocycles. The lowest BCUT2D eigenvalue weighted by molar-refractivity contribution is -0.307. The average Bonchev–Trinajstić information content (AvgIpc) is 3.04. The van der Waals surface area contributed by atoms with Gasteiger partial charge in [0.25, 0.3) is 0 Å². The van der Waals surface area contributed by atoms with Crippen molar-refractivity contribution in [1.82, 2.24) is 4.57 Å². The smallest absolute Gasteiger partial charge is 0.221 e. The fourth-order valence-corrected chi connectivity index (χ4v) is 4.15. The highest BCUT2D eigenvalue weighted by molar-refractivity contribution is 5.95. The summed E-state index contributed by atoms with van der Waals surface area (Å²) in [6.07, 6.45) is 0.0291. The molecular weight excluding hydrogens is 404 g/mol. The standard InChI is InChI=1S/C26H24N2O4/c1-17-21(14-24(27)29)26-22(12-7-13-23(26)32-16-25(30)31)28(17)15-19-10-5-6-11-20(19)18-8-3-2-4-9-18/h2-13H,14-16H2,1H3,(H2,27,29)(H,30,31)/p-1. The van der Waals surface area contributed by atoms with E-state index in [1.54, 1.807) is 12.1 Å². The van der Waals surface area contributed by atoms with Crippen LogP contribution in [0.1, 0.15) is 16.8 Å². The molecule has 6 nitrogen and oxygen atoms in total. The summed E-state index contributed by atoms with van der Waals surface area (Å²) in [6.45, 7) is 1.93. The van der Waals surface area contributed by atoms with E-state index in [1.165, 1.54) is 0 Å². The topological polar surface area (TPSA) is 97.4 Å². The van der Waals surface area contributed by atoms with E-state index in [0.717, 1.165) is 33.5 Å². The minimum Gasteiger partial charge on any atom is -0.546 e. The lowest BCUT2D eigenvalue weighted by Gasteiger charge is -2.14. The van der Waals surface area contributed by atoms with Gasteiger partial charge in [-0.2, -0.15) is 0 Å². The molecule has 0 fully saturated rings. The zero-order chi connectivity index (χ0) is 22.7. The molecule has 1 amide bonds. The fraction of sp³-hybridized carbons (Fsp3) is 0.154. The van der Waals surface area contributed by atoms with E-state index in [1.807, 2.05) is 43.3 Å². The van der Waals surface area contributed by atoms with Crippen LogP contribution in [0.2, 0.25) is 0 Å². The normalized spacial score (nSPS) is 10.9. The Kier molecular flexibility index (Phi) is 5.94. The number of fused-ring (bicyclic) bond motifs is 1. The molecule has 3 aromatic carbocycles. The van der Waals surface area contributed by atoms with E-state index in [9.17, 15) is 14.7 Å². The first-order chi connectivity index (χ1) is 15.5. The number of amides is 1. The molecule has 162 valence electrons. The quantitative estimate of drug-likeness (QED) is 0.468. The molecule has 6 heteroatoms. The van der Waals surface area contributed by atoms with Crippen molar-refractivity contribution in [2.24, 2.45) is 5.73 Å². The highest BCUT2D eigenvalue weighted by Crippen LogP contribution is 2.35. The fourth-order valence-electron chi connectivity index (χ4n) is 4.15. The molecule has 0 saturated heterocycles. The van der Waals surface area contributed by atoms with Crippen molar-refractivity contribution < 1.29 is 19.4 Å². The number of hydrogen-bond acceptors (Lipinski definition) is 4. The van der Waals surface area contributed by atoms with Crippen molar-refractivity contribution in [3.8, 4) is 16.9 Å². The molecule has 4 aromatic rings. The van der Waals surface area contributed by atoms with E-state index < -0.39 is 18.5 Å². The van der Waals surface area contributed by atoms with Crippen molar-refractivity contribution in [3.63, 3.8) is 0 Å². The molecule has 1 aromatic heterocycles. The zero-order valence-corrected chi connectivity index (χ0v) is 17.7. The van der Waals surface area contributed by atoms with Crippen LogP contribution in [0.25, 0.3) is 22.0 Å². The number of carboxylic acids is 1. The largest absolute Gasteiger partial charge is 0.546 e. The maximum Gasteiger partial charge on any atom is 0.221 e. The van der Waals surface area contributed by atoms with Gasteiger partial charge in [0.1, 0.15) is 12.4 Å². The molecule has 0 unspecified atom stereocenters. The summed E-state index contributed by atoms with van der Waals surface area (Å²) in [5, 5.41) is 11.6. The molecule has 0 aliphatic heterocycles. The lowest BCUT2D eigenvalue weighted by atomic mass is 9.99. The van der Waals surface area contributed by atoms with Crippen molar-refractivity contribution in [2.75, 3.05) is 6.61 Å². The summed E-state index contributed by atoms with van der Waals surface area (Å²) in [7, 11) is 0. The van der Waals surface area contributed by atoms with Gasteiger partial charge in [-0.1, -0.05) is 60.7 Å². The van der Waals surface area contributed by atoms with Crippen LogP contribution in [0.5, 0.6) is 5.75 Å². The molecule has 32 heavy (non-hydrogen) atoms. The molecule has 0 aliphatic carbocycles. The van der Waals surface area contributed by atoms with Gasteiger partial charge in [0, 0.05) is 17.6 Å². The lowest BCUT2D eigenvalue weighted by Crippen LogP contribution is -2.29. The predicted molar refractivity (Wildman–Crippen MR) is 121 cm³/mol. The Hall–Kier alpha value is -4.06. The van der Waals surface area contributed by atoms with Crippen molar-refractivity contribution in [3.05, 3.63) is 89.6 Å². The van der Waals surface area contributed by atoms with Crippen LogP contribution in [0.3, 0.4) is 0 Å². The molecule has 0 atom stereocenters. The molecule has 0 saturated carbocycles. The Morgan fingerprint density at radius 1 is 0.969 bits per heavy atom. The summed E-state index contributed by atoms with van der Waals surface area (Å²) in [5.41, 5.74) is 11.3. The monoisotopic (exact) mass is 427 g/mol. The number of rotatable bonds is 8. The Morgan fingerprint density at radius 3 is 2.41 bits per heavy atom. The van der Waals surface area contributed by atoms with Gasteiger partial charge in [-0.3, -0.25) is 4.79 Å². The molecule has 0 spiro atoms. The van der Waals surface area contributed by atoms with Crippen molar-refractivity contribution >= 4 is 22.8 Å². The predicted octanol–water partition coefficient (Wildman–Crippen LogP) is 2.82. The molecular formula is C26H23N2O4-. The number of carboxylic acid groups (broad SMARTS) is 1. The van der Waals surface area contributed by atoms with Crippen molar-refractivity contribution in [1.29, 1.82) is 0 Å². The average molecular weight is 427 g/mol. The number of nitrogens with two attached hydrogens (primary N) is 1. The van der Waals surface area contributed by atoms with Gasteiger partial charge >= 0.3 is 0 Å². The first kappa shape index (κ1) is 21.2. The van der Waals surface area contributed by atoms with Crippen LogP contribution in [-0.4, -0.2) is 23.1 Å². The summed E-state index contributed by atoms with van der Waals surface area (Å²) in [6, 6.07) is 23.8. The number of aromatic nitrogens is 1. The van der Waals surface area contributed by atoms with Crippen LogP contribution in [0, 0.1) is 6.92 Å². The summed E-state index contributed by atoms with van der Waals surface area (Å²) in [5.74, 6) is -1.39. The van der Waals surface area contributed by atoms with E-state index in [-0.39, 0.29) is 6.42 Å². The number of hydrogen-bond donors (Lipinski definition) is 1. The zero-order valence-electron chi connectivity index (χ0n) is 17.7. The van der Waals surface area contributed by atoms with Crippen molar-refractivity contribution in [2.45, 2.75) is 19.9 Å². The van der Waals surface area contributed by atoms with Crippen LogP contribution in [0.15, 0.2) is 72.8 Å². The minimum atomic E-state index is -1.31. The first-order valence-corrected chi connectivity index (χ1v) is 10.3. The van der Waals surface area contributed by atoms with Crippen LogP contribution >= 0.6 is 0 Å². The second-order valence-electron chi connectivity index (χ2n) is 7.63. The summed E-state index contributed by atoms with van der Waals surface area (Å²) < 4.78 is 7.60. The summed E-state index contributed by atoms with van der Waals surface area (Å²) >= 11 is 0. The summed E-state index contributed by atoms with van der Waals surface area (Å²) in [4.78, 5) is 22.8. The third kappa shape index (κ3) is 4.21. The third-order valence-corrected chi connectivity index (χ3v) is 5.57. The molecule has 0 radical (unpaired) electrons. The third-order valence-electron chi connectivity index (χ3n) is 5.57. The van der Waals surface area contributed by atoms with E-state index in [0.29, 0.717) is 17.7 Å². The Morgan fingerprint density at radius 2 is 1.69 bits per heavy atom. The van der Waals surface area contributed by atoms with Gasteiger partial charge < -0.3 is 24.9 Å². The Labute approximate surface area is 185 Å². The number of aliphatic carboxylic acids is 1. The van der Waals surface area contributed by atoms with Crippen LogP contribution < -0.4 is 15.6 Å². The van der Waals surface area contributed by atoms with Gasteiger partial charge in [0.15, 0.2) is 0 Å². The SMILES string of the molecule is Cc1c(CC(N)=O)c2c(OCC(=O)[O-])cccc2n1Cc1ccccc1-c1ccccc1.